The fourth-order valence-corrected chi connectivity index (χ4v) is 1.14. The van der Waals surface area contributed by atoms with Crippen molar-refractivity contribution < 1.29 is 4.79 Å². The van der Waals surface area contributed by atoms with Gasteiger partial charge in [-0.15, -0.1) is 6.58 Å². The van der Waals surface area contributed by atoms with Crippen LogP contribution in [0.2, 0.25) is 0 Å². The van der Waals surface area contributed by atoms with Crippen molar-refractivity contribution in [1.82, 2.24) is 20.2 Å². The van der Waals surface area contributed by atoms with E-state index in [9.17, 15) is 4.79 Å². The molecular weight excluding hydrogens is 204 g/mol. The number of amides is 2. The number of aromatic nitrogens is 2. The summed E-state index contributed by atoms with van der Waals surface area (Å²) >= 11 is 0. The maximum atomic E-state index is 11.5. The molecule has 0 saturated carbocycles. The first-order valence-electron chi connectivity index (χ1n) is 5.08. The van der Waals surface area contributed by atoms with Crippen molar-refractivity contribution in [3.8, 4) is 0 Å². The highest BCUT2D eigenvalue weighted by Gasteiger charge is 2.06. The van der Waals surface area contributed by atoms with Gasteiger partial charge in [0.2, 0.25) is 0 Å². The topological polar surface area (TPSA) is 58.1 Å². The Bertz CT molecular complexity index is 339. The number of nitrogens with zero attached hydrogens (tertiary/aromatic N) is 3. The number of carbonyl (C=O) groups is 1. The van der Waals surface area contributed by atoms with Crippen molar-refractivity contribution in [1.29, 1.82) is 0 Å². The third kappa shape index (κ3) is 4.08. The molecule has 0 aliphatic heterocycles. The van der Waals surface area contributed by atoms with Gasteiger partial charge in [-0.25, -0.2) is 4.79 Å². The van der Waals surface area contributed by atoms with Crippen LogP contribution in [0.15, 0.2) is 31.2 Å². The van der Waals surface area contributed by atoms with Crippen molar-refractivity contribution >= 4 is 6.03 Å². The zero-order chi connectivity index (χ0) is 11.8. The predicted molar refractivity (Wildman–Crippen MR) is 62.0 cm³/mol. The summed E-state index contributed by atoms with van der Waals surface area (Å²) in [7, 11) is 1.74. The SMILES string of the molecule is C=CCNC(=O)N(C)CCc1cnccn1. The summed E-state index contributed by atoms with van der Waals surface area (Å²) < 4.78 is 0. The largest absolute Gasteiger partial charge is 0.335 e. The monoisotopic (exact) mass is 220 g/mol. The highest BCUT2D eigenvalue weighted by molar-refractivity contribution is 5.73. The molecule has 5 nitrogen and oxygen atoms in total. The van der Waals surface area contributed by atoms with Gasteiger partial charge in [0.05, 0.1) is 5.69 Å². The first kappa shape index (κ1) is 12.2. The molecule has 0 fully saturated rings. The second kappa shape index (κ2) is 6.55. The van der Waals surface area contributed by atoms with E-state index in [0.29, 0.717) is 19.5 Å². The Labute approximate surface area is 95.2 Å². The Morgan fingerprint density at radius 3 is 3.06 bits per heavy atom. The molecule has 1 aromatic heterocycles. The molecule has 0 unspecified atom stereocenters. The molecule has 1 N–H and O–H groups in total. The van der Waals surface area contributed by atoms with Crippen LogP contribution in [0.3, 0.4) is 0 Å². The first-order chi connectivity index (χ1) is 7.74. The maximum Gasteiger partial charge on any atom is 0.317 e. The Hall–Kier alpha value is -1.91. The van der Waals surface area contributed by atoms with Gasteiger partial charge in [-0.05, 0) is 0 Å². The molecule has 0 spiro atoms. The molecule has 0 aromatic carbocycles. The van der Waals surface area contributed by atoms with Gasteiger partial charge in [-0.1, -0.05) is 6.08 Å². The molecule has 0 aliphatic carbocycles. The van der Waals surface area contributed by atoms with Crippen LogP contribution in [0.1, 0.15) is 5.69 Å². The lowest BCUT2D eigenvalue weighted by Gasteiger charge is -2.16. The number of nitrogens with one attached hydrogen (secondary N) is 1. The van der Waals surface area contributed by atoms with Crippen molar-refractivity contribution in [2.45, 2.75) is 6.42 Å². The van der Waals surface area contributed by atoms with E-state index in [1.54, 1.807) is 36.6 Å². The summed E-state index contributed by atoms with van der Waals surface area (Å²) in [5.41, 5.74) is 0.880. The molecule has 0 bridgehead atoms. The van der Waals surface area contributed by atoms with Gasteiger partial charge in [-0.2, -0.15) is 0 Å². The van der Waals surface area contributed by atoms with Crippen LogP contribution in [-0.4, -0.2) is 41.0 Å². The van der Waals surface area contributed by atoms with E-state index in [0.717, 1.165) is 5.69 Å². The zero-order valence-corrected chi connectivity index (χ0v) is 9.39. The molecule has 0 aliphatic rings. The van der Waals surface area contributed by atoms with Crippen molar-refractivity contribution in [2.24, 2.45) is 0 Å². The molecule has 0 saturated heterocycles. The standard InChI is InChI=1S/C11H16N4O/c1-3-5-14-11(16)15(2)8-4-10-9-12-6-7-13-10/h3,6-7,9H,1,4-5,8H2,2H3,(H,14,16). The third-order valence-electron chi connectivity index (χ3n) is 2.06. The van der Waals surface area contributed by atoms with Gasteiger partial charge in [0.25, 0.3) is 0 Å². The summed E-state index contributed by atoms with van der Waals surface area (Å²) in [6, 6.07) is -0.108. The number of likely N-dealkylation sites (N-methyl/N-ethyl adjacent to an activating group) is 1. The van der Waals surface area contributed by atoms with E-state index >= 15 is 0 Å². The normalized spacial score (nSPS) is 9.56. The van der Waals surface area contributed by atoms with Gasteiger partial charge in [0, 0.05) is 45.1 Å². The van der Waals surface area contributed by atoms with E-state index in [1.165, 1.54) is 0 Å². The third-order valence-corrected chi connectivity index (χ3v) is 2.06. The maximum absolute atomic E-state index is 11.5. The van der Waals surface area contributed by atoms with E-state index in [2.05, 4.69) is 21.9 Å². The Morgan fingerprint density at radius 2 is 2.44 bits per heavy atom. The zero-order valence-electron chi connectivity index (χ0n) is 9.39. The van der Waals surface area contributed by atoms with E-state index < -0.39 is 0 Å². The predicted octanol–water partition coefficient (Wildman–Crippen LogP) is 0.846. The minimum absolute atomic E-state index is 0.108. The molecule has 1 heterocycles. The first-order valence-corrected chi connectivity index (χ1v) is 5.08. The second-order valence-electron chi connectivity index (χ2n) is 3.34. The Kier molecular flexibility index (Phi) is 4.98. The molecule has 1 rings (SSSR count). The number of rotatable bonds is 5. The van der Waals surface area contributed by atoms with Gasteiger partial charge in [0.15, 0.2) is 0 Å². The number of hydrogen-bond acceptors (Lipinski definition) is 3. The van der Waals surface area contributed by atoms with Crippen molar-refractivity contribution in [3.63, 3.8) is 0 Å². The molecule has 2 amide bonds. The molecular formula is C11H16N4O. The average molecular weight is 220 g/mol. The Balaban J connectivity index is 2.32. The van der Waals surface area contributed by atoms with Gasteiger partial charge >= 0.3 is 6.03 Å². The van der Waals surface area contributed by atoms with Gasteiger partial charge in [-0.3, -0.25) is 9.97 Å². The van der Waals surface area contributed by atoms with E-state index in [4.69, 9.17) is 0 Å². The summed E-state index contributed by atoms with van der Waals surface area (Å²) in [5, 5.41) is 2.70. The lowest BCUT2D eigenvalue weighted by Crippen LogP contribution is -2.38. The highest BCUT2D eigenvalue weighted by atomic mass is 16.2. The molecule has 16 heavy (non-hydrogen) atoms. The summed E-state index contributed by atoms with van der Waals surface area (Å²) in [6.45, 7) is 4.63. The van der Waals surface area contributed by atoms with Crippen LogP contribution in [0, 0.1) is 0 Å². The Morgan fingerprint density at radius 1 is 1.62 bits per heavy atom. The molecule has 0 radical (unpaired) electrons. The number of urea groups is 1. The van der Waals surface area contributed by atoms with E-state index in [-0.39, 0.29) is 6.03 Å². The van der Waals surface area contributed by atoms with Gasteiger partial charge in [0.1, 0.15) is 0 Å². The summed E-state index contributed by atoms with van der Waals surface area (Å²) in [6.07, 6.45) is 7.33. The quantitative estimate of drug-likeness (QED) is 0.748. The fraction of sp³-hybridized carbons (Fsp3) is 0.364. The summed E-state index contributed by atoms with van der Waals surface area (Å²) in [5.74, 6) is 0. The molecule has 86 valence electrons. The number of carbonyl (C=O) groups excluding carboxylic acids is 1. The van der Waals surface area contributed by atoms with Crippen molar-refractivity contribution in [2.75, 3.05) is 20.1 Å². The summed E-state index contributed by atoms with van der Waals surface area (Å²) in [4.78, 5) is 21.2. The molecule has 1 aromatic rings. The van der Waals surface area contributed by atoms with Crippen LogP contribution >= 0.6 is 0 Å². The van der Waals surface area contributed by atoms with Crippen LogP contribution in [0.25, 0.3) is 0 Å². The van der Waals surface area contributed by atoms with Crippen LogP contribution < -0.4 is 5.32 Å². The lowest BCUT2D eigenvalue weighted by molar-refractivity contribution is 0.210. The van der Waals surface area contributed by atoms with Gasteiger partial charge < -0.3 is 10.2 Å². The molecule has 5 heteroatoms. The smallest absolute Gasteiger partial charge is 0.317 e. The highest BCUT2D eigenvalue weighted by Crippen LogP contribution is 1.94. The minimum Gasteiger partial charge on any atom is -0.335 e. The fourth-order valence-electron chi connectivity index (χ4n) is 1.14. The number of hydrogen-bond donors (Lipinski definition) is 1. The average Bonchev–Trinajstić information content (AvgIpc) is 2.34. The lowest BCUT2D eigenvalue weighted by atomic mass is 10.3. The van der Waals surface area contributed by atoms with Crippen LogP contribution in [0.4, 0.5) is 4.79 Å². The van der Waals surface area contributed by atoms with Crippen molar-refractivity contribution in [3.05, 3.63) is 36.9 Å². The minimum atomic E-state index is -0.108. The van der Waals surface area contributed by atoms with E-state index in [1.807, 2.05) is 0 Å². The second-order valence-corrected chi connectivity index (χ2v) is 3.34. The molecule has 0 atom stereocenters. The van der Waals surface area contributed by atoms with Crippen LogP contribution in [0.5, 0.6) is 0 Å². The van der Waals surface area contributed by atoms with Crippen LogP contribution in [-0.2, 0) is 6.42 Å².